The van der Waals surface area contributed by atoms with E-state index >= 15 is 0 Å². The Hall–Kier alpha value is -1.39. The second-order valence-electron chi connectivity index (χ2n) is 5.01. The molecule has 0 amide bonds. The third kappa shape index (κ3) is 3.81. The molecule has 0 aliphatic carbocycles. The average Bonchev–Trinajstić information content (AvgIpc) is 2.81. The Kier molecular flexibility index (Phi) is 6.02. The number of imidazole rings is 1. The molecule has 0 fully saturated rings. The van der Waals surface area contributed by atoms with Crippen LogP contribution in [0.3, 0.4) is 0 Å². The van der Waals surface area contributed by atoms with E-state index < -0.39 is 0 Å². The molecule has 1 aromatic carbocycles. The maximum atomic E-state index is 5.05. The maximum Gasteiger partial charge on any atom is 0.109 e. The van der Waals surface area contributed by atoms with Gasteiger partial charge in [0, 0.05) is 33.2 Å². The van der Waals surface area contributed by atoms with Crippen LogP contribution in [0.5, 0.6) is 0 Å². The molecule has 4 heteroatoms. The summed E-state index contributed by atoms with van der Waals surface area (Å²) in [6.07, 6.45) is 3.23. The van der Waals surface area contributed by atoms with Crippen molar-refractivity contribution in [2.24, 2.45) is 0 Å². The quantitative estimate of drug-likeness (QED) is 0.715. The fraction of sp³-hybridized carbons (Fsp3) is 0.562. The molecule has 4 nitrogen and oxygen atoms in total. The zero-order valence-electron chi connectivity index (χ0n) is 12.6. The summed E-state index contributed by atoms with van der Waals surface area (Å²) >= 11 is 0. The van der Waals surface area contributed by atoms with Crippen molar-refractivity contribution >= 4 is 11.0 Å². The highest BCUT2D eigenvalue weighted by atomic mass is 16.5. The van der Waals surface area contributed by atoms with Crippen molar-refractivity contribution in [3.63, 3.8) is 0 Å². The van der Waals surface area contributed by atoms with Crippen LogP contribution in [0.1, 0.15) is 25.6 Å². The molecule has 0 saturated heterocycles. The first-order chi connectivity index (χ1) is 9.86. The number of ether oxygens (including phenoxy) is 1. The zero-order chi connectivity index (χ0) is 14.2. The number of hydrogen-bond acceptors (Lipinski definition) is 3. The summed E-state index contributed by atoms with van der Waals surface area (Å²) in [5.74, 6) is 1.20. The topological polar surface area (TPSA) is 39.1 Å². The molecular formula is C16H25N3O. The lowest BCUT2D eigenvalue weighted by Crippen LogP contribution is -2.22. The first-order valence-electron chi connectivity index (χ1n) is 7.50. The molecule has 0 aliphatic heterocycles. The molecule has 1 N–H and O–H groups in total. The number of methoxy groups -OCH3 is 1. The van der Waals surface area contributed by atoms with E-state index in [1.807, 2.05) is 0 Å². The second kappa shape index (κ2) is 8.02. The van der Waals surface area contributed by atoms with E-state index in [2.05, 4.69) is 41.1 Å². The van der Waals surface area contributed by atoms with E-state index in [4.69, 9.17) is 9.72 Å². The van der Waals surface area contributed by atoms with Crippen LogP contribution in [0.4, 0.5) is 0 Å². The third-order valence-corrected chi connectivity index (χ3v) is 3.42. The Morgan fingerprint density at radius 3 is 2.90 bits per heavy atom. The predicted molar refractivity (Wildman–Crippen MR) is 83.1 cm³/mol. The minimum Gasteiger partial charge on any atom is -0.385 e. The maximum absolute atomic E-state index is 5.05. The van der Waals surface area contributed by atoms with Crippen LogP contribution >= 0.6 is 0 Å². The molecule has 0 bridgehead atoms. The van der Waals surface area contributed by atoms with Crippen molar-refractivity contribution in [2.75, 3.05) is 26.8 Å². The SMILES string of the molecule is CCCc1nc2ccccc2n1CCNCCCOC. The van der Waals surface area contributed by atoms with Gasteiger partial charge in [0.05, 0.1) is 11.0 Å². The van der Waals surface area contributed by atoms with Crippen LogP contribution in [0, 0.1) is 0 Å². The number of nitrogens with zero attached hydrogens (tertiary/aromatic N) is 2. The lowest BCUT2D eigenvalue weighted by atomic mass is 10.3. The first kappa shape index (κ1) is 15.0. The summed E-state index contributed by atoms with van der Waals surface area (Å²) in [4.78, 5) is 4.75. The van der Waals surface area contributed by atoms with Gasteiger partial charge < -0.3 is 14.6 Å². The fourth-order valence-corrected chi connectivity index (χ4v) is 2.45. The number of rotatable bonds is 9. The summed E-state index contributed by atoms with van der Waals surface area (Å²) in [6, 6.07) is 8.39. The Morgan fingerprint density at radius 1 is 1.25 bits per heavy atom. The summed E-state index contributed by atoms with van der Waals surface area (Å²) in [5, 5.41) is 3.46. The van der Waals surface area contributed by atoms with Gasteiger partial charge in [-0.15, -0.1) is 0 Å². The molecule has 1 aromatic heterocycles. The van der Waals surface area contributed by atoms with Crippen LogP contribution in [0.25, 0.3) is 11.0 Å². The highest BCUT2D eigenvalue weighted by Gasteiger charge is 2.08. The molecule has 0 radical (unpaired) electrons. The molecule has 0 unspecified atom stereocenters. The van der Waals surface area contributed by atoms with Gasteiger partial charge in [0.15, 0.2) is 0 Å². The molecule has 2 aromatic rings. The van der Waals surface area contributed by atoms with Gasteiger partial charge in [0.2, 0.25) is 0 Å². The van der Waals surface area contributed by atoms with Crippen LogP contribution in [-0.2, 0) is 17.7 Å². The molecule has 0 aliphatic rings. The van der Waals surface area contributed by atoms with Crippen LogP contribution in [-0.4, -0.2) is 36.4 Å². The van der Waals surface area contributed by atoms with Gasteiger partial charge in [-0.05, 0) is 31.5 Å². The van der Waals surface area contributed by atoms with Crippen molar-refractivity contribution in [1.82, 2.24) is 14.9 Å². The predicted octanol–water partition coefficient (Wildman–Crippen LogP) is 2.61. The Labute approximate surface area is 121 Å². The van der Waals surface area contributed by atoms with Crippen molar-refractivity contribution in [3.8, 4) is 0 Å². The van der Waals surface area contributed by atoms with Crippen LogP contribution in [0.15, 0.2) is 24.3 Å². The van der Waals surface area contributed by atoms with Gasteiger partial charge in [-0.3, -0.25) is 0 Å². The minimum atomic E-state index is 0.822. The Morgan fingerprint density at radius 2 is 2.10 bits per heavy atom. The van der Waals surface area contributed by atoms with Crippen LogP contribution < -0.4 is 5.32 Å². The highest BCUT2D eigenvalue weighted by molar-refractivity contribution is 5.75. The van der Waals surface area contributed by atoms with Gasteiger partial charge in [-0.1, -0.05) is 19.1 Å². The van der Waals surface area contributed by atoms with Crippen molar-refractivity contribution in [1.29, 1.82) is 0 Å². The average molecular weight is 275 g/mol. The lowest BCUT2D eigenvalue weighted by Gasteiger charge is -2.10. The largest absolute Gasteiger partial charge is 0.385 e. The summed E-state index contributed by atoms with van der Waals surface area (Å²) < 4.78 is 7.40. The molecule has 2 rings (SSSR count). The van der Waals surface area contributed by atoms with Gasteiger partial charge in [0.25, 0.3) is 0 Å². The molecule has 20 heavy (non-hydrogen) atoms. The number of nitrogens with one attached hydrogen (secondary N) is 1. The van der Waals surface area contributed by atoms with Gasteiger partial charge >= 0.3 is 0 Å². The van der Waals surface area contributed by atoms with E-state index in [1.165, 1.54) is 11.3 Å². The summed E-state index contributed by atoms with van der Waals surface area (Å²) in [6.45, 7) is 5.97. The van der Waals surface area contributed by atoms with E-state index in [0.717, 1.165) is 51.0 Å². The number of fused-ring (bicyclic) bond motifs is 1. The minimum absolute atomic E-state index is 0.822. The Bertz CT molecular complexity index is 521. The standard InChI is InChI=1S/C16H25N3O/c1-3-7-16-18-14-8-4-5-9-15(14)19(16)12-11-17-10-6-13-20-2/h4-5,8-9,17H,3,6-7,10-13H2,1-2H3. The second-order valence-corrected chi connectivity index (χ2v) is 5.01. The van der Waals surface area contributed by atoms with E-state index in [0.29, 0.717) is 0 Å². The van der Waals surface area contributed by atoms with Crippen molar-refractivity contribution in [2.45, 2.75) is 32.7 Å². The van der Waals surface area contributed by atoms with Gasteiger partial charge in [-0.2, -0.15) is 0 Å². The molecule has 0 atom stereocenters. The number of para-hydroxylation sites is 2. The Balaban J connectivity index is 1.98. The van der Waals surface area contributed by atoms with Crippen molar-refractivity contribution in [3.05, 3.63) is 30.1 Å². The third-order valence-electron chi connectivity index (χ3n) is 3.42. The summed E-state index contributed by atoms with van der Waals surface area (Å²) in [5.41, 5.74) is 2.35. The summed E-state index contributed by atoms with van der Waals surface area (Å²) in [7, 11) is 1.74. The van der Waals surface area contributed by atoms with E-state index in [9.17, 15) is 0 Å². The number of aromatic nitrogens is 2. The molecular weight excluding hydrogens is 250 g/mol. The monoisotopic (exact) mass is 275 g/mol. The molecule has 0 spiro atoms. The van der Waals surface area contributed by atoms with Gasteiger partial charge in [-0.25, -0.2) is 4.98 Å². The van der Waals surface area contributed by atoms with E-state index in [1.54, 1.807) is 7.11 Å². The normalized spacial score (nSPS) is 11.3. The van der Waals surface area contributed by atoms with E-state index in [-0.39, 0.29) is 0 Å². The van der Waals surface area contributed by atoms with Crippen molar-refractivity contribution < 1.29 is 4.74 Å². The lowest BCUT2D eigenvalue weighted by molar-refractivity contribution is 0.194. The van der Waals surface area contributed by atoms with Crippen LogP contribution in [0.2, 0.25) is 0 Å². The fourth-order valence-electron chi connectivity index (χ4n) is 2.45. The molecule has 110 valence electrons. The number of hydrogen-bond donors (Lipinski definition) is 1. The molecule has 0 saturated carbocycles. The van der Waals surface area contributed by atoms with Gasteiger partial charge in [0.1, 0.15) is 5.82 Å². The number of aryl methyl sites for hydroxylation is 1. The highest BCUT2D eigenvalue weighted by Crippen LogP contribution is 2.16. The molecule has 1 heterocycles. The first-order valence-corrected chi connectivity index (χ1v) is 7.50. The zero-order valence-corrected chi connectivity index (χ0v) is 12.6. The number of benzene rings is 1. The smallest absolute Gasteiger partial charge is 0.109 e.